The summed E-state index contributed by atoms with van der Waals surface area (Å²) >= 11 is 0. The molecule has 13 heavy (non-hydrogen) atoms. The highest BCUT2D eigenvalue weighted by atomic mass is 16.5. The summed E-state index contributed by atoms with van der Waals surface area (Å²) in [5, 5.41) is 3.41. The van der Waals surface area contributed by atoms with Gasteiger partial charge in [-0.05, 0) is 26.3 Å². The Kier molecular flexibility index (Phi) is 9.87. The van der Waals surface area contributed by atoms with E-state index in [9.17, 15) is 0 Å². The van der Waals surface area contributed by atoms with Crippen LogP contribution in [0.4, 0.5) is 0 Å². The van der Waals surface area contributed by atoms with Gasteiger partial charge in [-0.3, -0.25) is 0 Å². The van der Waals surface area contributed by atoms with Gasteiger partial charge in [-0.2, -0.15) is 0 Å². The normalized spacial score (nSPS) is 13.2. The zero-order chi connectivity index (χ0) is 9.94. The number of hydrogen-bond acceptors (Lipinski definition) is 3. The third-order valence-electron chi connectivity index (χ3n) is 1.87. The van der Waals surface area contributed by atoms with Crippen LogP contribution >= 0.6 is 0 Å². The van der Waals surface area contributed by atoms with Crippen molar-refractivity contribution in [2.24, 2.45) is 0 Å². The molecule has 3 heteroatoms. The maximum atomic E-state index is 5.36. The molecule has 0 aliphatic carbocycles. The zero-order valence-corrected chi connectivity index (χ0v) is 9.14. The minimum Gasteiger partial charge on any atom is -0.382 e. The number of nitrogens with one attached hydrogen (secondary N) is 1. The van der Waals surface area contributed by atoms with Crippen LogP contribution < -0.4 is 5.32 Å². The molecule has 0 fully saturated rings. The van der Waals surface area contributed by atoms with E-state index in [0.717, 1.165) is 19.6 Å². The summed E-state index contributed by atoms with van der Waals surface area (Å²) in [4.78, 5) is 0. The van der Waals surface area contributed by atoms with Crippen LogP contribution in [0, 0.1) is 0 Å². The molecule has 0 spiro atoms. The van der Waals surface area contributed by atoms with Gasteiger partial charge in [0.2, 0.25) is 0 Å². The van der Waals surface area contributed by atoms with Gasteiger partial charge in [-0.1, -0.05) is 6.92 Å². The molecular weight excluding hydrogens is 166 g/mol. The van der Waals surface area contributed by atoms with E-state index in [4.69, 9.17) is 9.47 Å². The first-order valence-electron chi connectivity index (χ1n) is 5.11. The quantitative estimate of drug-likeness (QED) is 0.557. The summed E-state index contributed by atoms with van der Waals surface area (Å²) < 4.78 is 10.2. The lowest BCUT2D eigenvalue weighted by Gasteiger charge is -2.12. The third-order valence-corrected chi connectivity index (χ3v) is 1.87. The average Bonchev–Trinajstić information content (AvgIpc) is 2.14. The maximum Gasteiger partial charge on any atom is 0.0700 e. The van der Waals surface area contributed by atoms with Crippen molar-refractivity contribution in [2.75, 3.05) is 33.5 Å². The summed E-state index contributed by atoms with van der Waals surface area (Å²) in [6.45, 7) is 7.68. The van der Waals surface area contributed by atoms with E-state index in [1.54, 1.807) is 7.11 Å². The van der Waals surface area contributed by atoms with E-state index in [1.165, 1.54) is 6.42 Å². The van der Waals surface area contributed by atoms with Gasteiger partial charge in [0.1, 0.15) is 0 Å². The van der Waals surface area contributed by atoms with Crippen molar-refractivity contribution in [3.8, 4) is 0 Å². The van der Waals surface area contributed by atoms with Gasteiger partial charge in [-0.15, -0.1) is 0 Å². The molecular formula is C10H23NO2. The largest absolute Gasteiger partial charge is 0.382 e. The summed E-state index contributed by atoms with van der Waals surface area (Å²) in [5.41, 5.74) is 0. The van der Waals surface area contributed by atoms with Gasteiger partial charge < -0.3 is 14.8 Å². The van der Waals surface area contributed by atoms with Crippen LogP contribution in [-0.4, -0.2) is 39.5 Å². The van der Waals surface area contributed by atoms with Crippen molar-refractivity contribution in [2.45, 2.75) is 32.7 Å². The first kappa shape index (κ1) is 12.9. The van der Waals surface area contributed by atoms with Gasteiger partial charge in [0.15, 0.2) is 0 Å². The van der Waals surface area contributed by atoms with E-state index in [2.05, 4.69) is 19.2 Å². The fourth-order valence-electron chi connectivity index (χ4n) is 0.997. The van der Waals surface area contributed by atoms with Crippen LogP contribution in [0.3, 0.4) is 0 Å². The molecule has 1 atom stereocenters. The molecule has 0 aromatic carbocycles. The van der Waals surface area contributed by atoms with Crippen LogP contribution in [0.15, 0.2) is 0 Å². The van der Waals surface area contributed by atoms with E-state index in [1.807, 2.05) is 0 Å². The number of rotatable bonds is 9. The number of ether oxygens (including phenoxy) is 2. The molecule has 1 N–H and O–H groups in total. The highest BCUT2D eigenvalue weighted by Crippen LogP contribution is 1.91. The molecule has 0 bridgehead atoms. The molecule has 0 heterocycles. The minimum atomic E-state index is 0.558. The molecule has 0 saturated heterocycles. The fraction of sp³-hybridized carbons (Fsp3) is 1.00. The SMILES string of the molecule is CCCNC(C)CCOCCOC. The van der Waals surface area contributed by atoms with Crippen molar-refractivity contribution in [3.05, 3.63) is 0 Å². The lowest BCUT2D eigenvalue weighted by Crippen LogP contribution is -2.28. The van der Waals surface area contributed by atoms with Crippen molar-refractivity contribution in [1.82, 2.24) is 5.32 Å². The molecule has 1 unspecified atom stereocenters. The first-order valence-corrected chi connectivity index (χ1v) is 5.11. The highest BCUT2D eigenvalue weighted by molar-refractivity contribution is 4.58. The van der Waals surface area contributed by atoms with Gasteiger partial charge >= 0.3 is 0 Å². The monoisotopic (exact) mass is 189 g/mol. The second kappa shape index (κ2) is 9.96. The topological polar surface area (TPSA) is 30.5 Å². The molecule has 0 aliphatic heterocycles. The van der Waals surface area contributed by atoms with E-state index >= 15 is 0 Å². The summed E-state index contributed by atoms with van der Waals surface area (Å²) in [6, 6.07) is 0.558. The van der Waals surface area contributed by atoms with Crippen molar-refractivity contribution >= 4 is 0 Å². The van der Waals surface area contributed by atoms with Gasteiger partial charge in [-0.25, -0.2) is 0 Å². The Hall–Kier alpha value is -0.120. The van der Waals surface area contributed by atoms with E-state index in [-0.39, 0.29) is 0 Å². The van der Waals surface area contributed by atoms with Crippen molar-refractivity contribution < 1.29 is 9.47 Å². The number of methoxy groups -OCH3 is 1. The number of hydrogen-bond donors (Lipinski definition) is 1. The molecule has 0 amide bonds. The predicted molar refractivity (Wildman–Crippen MR) is 55.1 cm³/mol. The van der Waals surface area contributed by atoms with Crippen molar-refractivity contribution in [3.63, 3.8) is 0 Å². The Labute approximate surface area is 81.8 Å². The maximum absolute atomic E-state index is 5.36. The molecule has 0 aromatic rings. The van der Waals surface area contributed by atoms with Crippen LogP contribution in [0.5, 0.6) is 0 Å². The van der Waals surface area contributed by atoms with E-state index < -0.39 is 0 Å². The van der Waals surface area contributed by atoms with Gasteiger partial charge in [0.05, 0.1) is 13.2 Å². The summed E-state index contributed by atoms with van der Waals surface area (Å²) in [7, 11) is 1.69. The molecule has 0 aromatic heterocycles. The average molecular weight is 189 g/mol. The van der Waals surface area contributed by atoms with Gasteiger partial charge in [0, 0.05) is 19.8 Å². The van der Waals surface area contributed by atoms with Crippen LogP contribution in [0.2, 0.25) is 0 Å². The molecule has 80 valence electrons. The fourth-order valence-corrected chi connectivity index (χ4v) is 0.997. The lowest BCUT2D eigenvalue weighted by atomic mass is 10.2. The Morgan fingerprint density at radius 1 is 1.23 bits per heavy atom. The smallest absolute Gasteiger partial charge is 0.0700 e. The molecule has 0 aliphatic rings. The van der Waals surface area contributed by atoms with Gasteiger partial charge in [0.25, 0.3) is 0 Å². The molecule has 3 nitrogen and oxygen atoms in total. The second-order valence-corrected chi connectivity index (χ2v) is 3.25. The Morgan fingerprint density at radius 3 is 2.62 bits per heavy atom. The third kappa shape index (κ3) is 9.80. The molecule has 0 rings (SSSR count). The standard InChI is InChI=1S/C10H23NO2/c1-4-6-11-10(2)5-7-13-9-8-12-3/h10-11H,4-9H2,1-3H3. The molecule has 0 radical (unpaired) electrons. The summed E-state index contributed by atoms with van der Waals surface area (Å²) in [6.07, 6.45) is 2.26. The Bertz CT molecular complexity index is 98.9. The zero-order valence-electron chi connectivity index (χ0n) is 9.14. The van der Waals surface area contributed by atoms with Crippen LogP contribution in [0.1, 0.15) is 26.7 Å². The Balaban J connectivity index is 3.03. The predicted octanol–water partition coefficient (Wildman–Crippen LogP) is 1.43. The van der Waals surface area contributed by atoms with Crippen LogP contribution in [-0.2, 0) is 9.47 Å². The highest BCUT2D eigenvalue weighted by Gasteiger charge is 1.99. The first-order chi connectivity index (χ1) is 6.31. The Morgan fingerprint density at radius 2 is 2.00 bits per heavy atom. The molecule has 0 saturated carbocycles. The minimum absolute atomic E-state index is 0.558. The van der Waals surface area contributed by atoms with E-state index in [0.29, 0.717) is 19.3 Å². The lowest BCUT2D eigenvalue weighted by molar-refractivity contribution is 0.0665. The second-order valence-electron chi connectivity index (χ2n) is 3.25. The summed E-state index contributed by atoms with van der Waals surface area (Å²) in [5.74, 6) is 0. The van der Waals surface area contributed by atoms with Crippen LogP contribution in [0.25, 0.3) is 0 Å². The van der Waals surface area contributed by atoms with Crippen molar-refractivity contribution in [1.29, 1.82) is 0 Å².